The van der Waals surface area contributed by atoms with Crippen molar-refractivity contribution >= 4 is 23.2 Å². The summed E-state index contributed by atoms with van der Waals surface area (Å²) in [6, 6.07) is 10.5. The summed E-state index contributed by atoms with van der Waals surface area (Å²) in [5, 5.41) is 3.02. The molecule has 5 heteroatoms. The summed E-state index contributed by atoms with van der Waals surface area (Å²) in [6.07, 6.45) is 0. The number of methoxy groups -OCH3 is 1. The second-order valence-electron chi connectivity index (χ2n) is 3.78. The van der Waals surface area contributed by atoms with E-state index in [1.165, 1.54) is 25.3 Å². The number of benzene rings is 2. The number of anilines is 1. The first-order chi connectivity index (χ1) is 9.11. The second kappa shape index (κ2) is 5.71. The molecule has 0 aliphatic carbocycles. The zero-order valence-electron chi connectivity index (χ0n) is 10.1. The Morgan fingerprint density at radius 2 is 2.00 bits per heavy atom. The summed E-state index contributed by atoms with van der Waals surface area (Å²) < 4.78 is 18.6. The number of amides is 1. The van der Waals surface area contributed by atoms with Crippen LogP contribution < -0.4 is 10.1 Å². The molecular formula is C14H11ClFNO2. The van der Waals surface area contributed by atoms with Gasteiger partial charge in [-0.15, -0.1) is 0 Å². The summed E-state index contributed by atoms with van der Waals surface area (Å²) in [7, 11) is 1.47. The zero-order valence-corrected chi connectivity index (χ0v) is 10.9. The number of hydrogen-bond donors (Lipinski definition) is 1. The van der Waals surface area contributed by atoms with Crippen LogP contribution in [0.3, 0.4) is 0 Å². The number of hydrogen-bond acceptors (Lipinski definition) is 2. The lowest BCUT2D eigenvalue weighted by molar-refractivity contribution is 0.102. The van der Waals surface area contributed by atoms with Crippen LogP contribution in [0.4, 0.5) is 10.1 Å². The molecule has 0 unspecified atom stereocenters. The van der Waals surface area contributed by atoms with Gasteiger partial charge in [0.25, 0.3) is 5.91 Å². The van der Waals surface area contributed by atoms with E-state index >= 15 is 0 Å². The highest BCUT2D eigenvalue weighted by atomic mass is 35.5. The Morgan fingerprint density at radius 3 is 2.68 bits per heavy atom. The van der Waals surface area contributed by atoms with Gasteiger partial charge in [0.05, 0.1) is 18.4 Å². The fourth-order valence-electron chi connectivity index (χ4n) is 1.61. The third-order valence-corrected chi connectivity index (χ3v) is 2.76. The molecule has 0 fully saturated rings. The standard InChI is InChI=1S/C14H11ClFNO2/c1-19-13-7-6-9(15)8-12(13)17-14(18)10-4-2-3-5-11(10)16/h2-8H,1H3,(H,17,18). The van der Waals surface area contributed by atoms with Gasteiger partial charge < -0.3 is 10.1 Å². The lowest BCUT2D eigenvalue weighted by atomic mass is 10.2. The fraction of sp³-hybridized carbons (Fsp3) is 0.0714. The molecule has 0 radical (unpaired) electrons. The molecule has 2 aromatic carbocycles. The molecule has 1 amide bonds. The van der Waals surface area contributed by atoms with Crippen LogP contribution in [0.5, 0.6) is 5.75 Å². The van der Waals surface area contributed by atoms with Crippen LogP contribution in [0.2, 0.25) is 5.02 Å². The van der Waals surface area contributed by atoms with Gasteiger partial charge in [-0.3, -0.25) is 4.79 Å². The van der Waals surface area contributed by atoms with Gasteiger partial charge in [0.1, 0.15) is 11.6 Å². The first-order valence-corrected chi connectivity index (χ1v) is 5.89. The normalized spacial score (nSPS) is 10.1. The molecular weight excluding hydrogens is 269 g/mol. The highest BCUT2D eigenvalue weighted by Gasteiger charge is 2.13. The maximum Gasteiger partial charge on any atom is 0.258 e. The maximum absolute atomic E-state index is 13.5. The van der Waals surface area contributed by atoms with E-state index in [0.717, 1.165) is 0 Å². The van der Waals surface area contributed by atoms with Crippen LogP contribution in [0.15, 0.2) is 42.5 Å². The number of nitrogens with one attached hydrogen (secondary N) is 1. The first kappa shape index (κ1) is 13.4. The van der Waals surface area contributed by atoms with Crippen LogP contribution in [0.1, 0.15) is 10.4 Å². The molecule has 0 atom stereocenters. The molecule has 0 bridgehead atoms. The molecule has 2 rings (SSSR count). The monoisotopic (exact) mass is 279 g/mol. The quantitative estimate of drug-likeness (QED) is 0.929. The van der Waals surface area contributed by atoms with E-state index in [4.69, 9.17) is 16.3 Å². The molecule has 1 N–H and O–H groups in total. The van der Waals surface area contributed by atoms with Gasteiger partial charge in [-0.25, -0.2) is 4.39 Å². The SMILES string of the molecule is COc1ccc(Cl)cc1NC(=O)c1ccccc1F. The lowest BCUT2D eigenvalue weighted by Crippen LogP contribution is -2.14. The molecule has 98 valence electrons. The predicted molar refractivity (Wildman–Crippen MR) is 72.4 cm³/mol. The van der Waals surface area contributed by atoms with Crippen molar-refractivity contribution in [3.05, 3.63) is 58.9 Å². The summed E-state index contributed by atoms with van der Waals surface area (Å²) in [6.45, 7) is 0. The third-order valence-electron chi connectivity index (χ3n) is 2.53. The Labute approximate surface area is 115 Å². The molecule has 0 aliphatic rings. The van der Waals surface area contributed by atoms with E-state index in [2.05, 4.69) is 5.32 Å². The number of carbonyl (C=O) groups is 1. The average molecular weight is 280 g/mol. The minimum absolute atomic E-state index is 0.0375. The number of rotatable bonds is 3. The Morgan fingerprint density at radius 1 is 1.26 bits per heavy atom. The van der Waals surface area contributed by atoms with Gasteiger partial charge in [0, 0.05) is 5.02 Å². The molecule has 2 aromatic rings. The Balaban J connectivity index is 2.29. The third kappa shape index (κ3) is 3.03. The Bertz CT molecular complexity index is 616. The molecule has 0 heterocycles. The molecule has 19 heavy (non-hydrogen) atoms. The smallest absolute Gasteiger partial charge is 0.258 e. The Kier molecular flexibility index (Phi) is 4.02. The van der Waals surface area contributed by atoms with Crippen molar-refractivity contribution in [2.24, 2.45) is 0 Å². The van der Waals surface area contributed by atoms with Gasteiger partial charge in [-0.2, -0.15) is 0 Å². The molecule has 0 spiro atoms. The van der Waals surface area contributed by atoms with Crippen molar-refractivity contribution < 1.29 is 13.9 Å². The van der Waals surface area contributed by atoms with Crippen molar-refractivity contribution in [3.8, 4) is 5.75 Å². The largest absolute Gasteiger partial charge is 0.495 e. The highest BCUT2D eigenvalue weighted by molar-refractivity contribution is 6.31. The summed E-state index contributed by atoms with van der Waals surface area (Å²) in [5.74, 6) is -0.686. The summed E-state index contributed by atoms with van der Waals surface area (Å²) in [4.78, 5) is 12.0. The topological polar surface area (TPSA) is 38.3 Å². The van der Waals surface area contributed by atoms with E-state index in [-0.39, 0.29) is 5.56 Å². The molecule has 0 aromatic heterocycles. The van der Waals surface area contributed by atoms with Crippen LogP contribution in [0, 0.1) is 5.82 Å². The first-order valence-electron chi connectivity index (χ1n) is 5.51. The molecule has 0 aliphatic heterocycles. The number of halogens is 2. The van der Waals surface area contributed by atoms with E-state index in [0.29, 0.717) is 16.5 Å². The van der Waals surface area contributed by atoms with Crippen LogP contribution in [-0.4, -0.2) is 13.0 Å². The minimum Gasteiger partial charge on any atom is -0.495 e. The van der Waals surface area contributed by atoms with Crippen molar-refractivity contribution in [2.45, 2.75) is 0 Å². The van der Waals surface area contributed by atoms with E-state index < -0.39 is 11.7 Å². The van der Waals surface area contributed by atoms with E-state index in [1.807, 2.05) is 0 Å². The van der Waals surface area contributed by atoms with Gasteiger partial charge in [-0.1, -0.05) is 23.7 Å². The van der Waals surface area contributed by atoms with Gasteiger partial charge in [-0.05, 0) is 30.3 Å². The predicted octanol–water partition coefficient (Wildman–Crippen LogP) is 3.74. The Hall–Kier alpha value is -2.07. The highest BCUT2D eigenvalue weighted by Crippen LogP contribution is 2.28. The fourth-order valence-corrected chi connectivity index (χ4v) is 1.78. The molecule has 0 saturated carbocycles. The second-order valence-corrected chi connectivity index (χ2v) is 4.22. The zero-order chi connectivity index (χ0) is 13.8. The van der Waals surface area contributed by atoms with E-state index in [9.17, 15) is 9.18 Å². The van der Waals surface area contributed by atoms with Crippen molar-refractivity contribution in [2.75, 3.05) is 12.4 Å². The van der Waals surface area contributed by atoms with Crippen LogP contribution >= 0.6 is 11.6 Å². The lowest BCUT2D eigenvalue weighted by Gasteiger charge is -2.10. The number of ether oxygens (including phenoxy) is 1. The van der Waals surface area contributed by atoms with Gasteiger partial charge >= 0.3 is 0 Å². The van der Waals surface area contributed by atoms with E-state index in [1.54, 1.807) is 24.3 Å². The average Bonchev–Trinajstić information content (AvgIpc) is 2.39. The van der Waals surface area contributed by atoms with Crippen molar-refractivity contribution in [1.29, 1.82) is 0 Å². The summed E-state index contributed by atoms with van der Waals surface area (Å²) in [5.41, 5.74) is 0.354. The van der Waals surface area contributed by atoms with Crippen LogP contribution in [0.25, 0.3) is 0 Å². The van der Waals surface area contributed by atoms with Crippen molar-refractivity contribution in [1.82, 2.24) is 0 Å². The number of carbonyl (C=O) groups excluding carboxylic acids is 1. The minimum atomic E-state index is -0.582. The molecule has 0 saturated heterocycles. The maximum atomic E-state index is 13.5. The van der Waals surface area contributed by atoms with Crippen LogP contribution in [-0.2, 0) is 0 Å². The van der Waals surface area contributed by atoms with Crippen molar-refractivity contribution in [3.63, 3.8) is 0 Å². The van der Waals surface area contributed by atoms with Gasteiger partial charge in [0.2, 0.25) is 0 Å². The van der Waals surface area contributed by atoms with Gasteiger partial charge in [0.15, 0.2) is 0 Å². The summed E-state index contributed by atoms with van der Waals surface area (Å²) >= 11 is 5.85. The molecule has 3 nitrogen and oxygen atoms in total.